The number of anilines is 1. The average Bonchev–Trinajstić information content (AvgIpc) is 2.48. The minimum Gasteiger partial charge on any atom is -0.507 e. The fraction of sp³-hybridized carbons (Fsp3) is 0.125. The zero-order valence-corrected chi connectivity index (χ0v) is 11.6. The molecular formula is C16H15N3O2. The normalized spacial score (nSPS) is 9.62. The van der Waals surface area contributed by atoms with Gasteiger partial charge in [0.05, 0.1) is 12.1 Å². The van der Waals surface area contributed by atoms with E-state index in [1.165, 1.54) is 0 Å². The molecule has 5 heteroatoms. The number of nitrogens with two attached hydrogens (primary N) is 1. The number of aryl methyl sites for hydroxylation is 1. The van der Waals surface area contributed by atoms with E-state index in [1.54, 1.807) is 43.5 Å². The summed E-state index contributed by atoms with van der Waals surface area (Å²) in [5.74, 6) is 5.50. The number of aromatic hydroxyl groups is 1. The number of carbonyl (C=O) groups excluding carboxylic acids is 1. The Morgan fingerprint density at radius 3 is 3.00 bits per heavy atom. The van der Waals surface area contributed by atoms with Crippen molar-refractivity contribution in [2.24, 2.45) is 5.73 Å². The van der Waals surface area contributed by atoms with Crippen LogP contribution in [-0.2, 0) is 0 Å². The number of aromatic nitrogens is 1. The van der Waals surface area contributed by atoms with E-state index in [2.05, 4.69) is 22.1 Å². The summed E-state index contributed by atoms with van der Waals surface area (Å²) in [6.45, 7) is 1.99. The van der Waals surface area contributed by atoms with Crippen LogP contribution in [0.4, 0.5) is 5.82 Å². The summed E-state index contributed by atoms with van der Waals surface area (Å²) in [5.41, 5.74) is 6.86. The first kappa shape index (κ1) is 14.6. The van der Waals surface area contributed by atoms with Crippen LogP contribution in [0.2, 0.25) is 0 Å². The second-order valence-electron chi connectivity index (χ2n) is 4.36. The Hall–Kier alpha value is -2.84. The van der Waals surface area contributed by atoms with Gasteiger partial charge in [-0.05, 0) is 30.7 Å². The van der Waals surface area contributed by atoms with Gasteiger partial charge in [-0.3, -0.25) is 4.79 Å². The number of phenolic OH excluding ortho intramolecular Hbond substituents is 1. The van der Waals surface area contributed by atoms with Crippen LogP contribution >= 0.6 is 0 Å². The number of hydrogen-bond acceptors (Lipinski definition) is 4. The quantitative estimate of drug-likeness (QED) is 0.730. The van der Waals surface area contributed by atoms with Gasteiger partial charge in [-0.25, -0.2) is 4.98 Å². The minimum atomic E-state index is -0.423. The fourth-order valence-electron chi connectivity index (χ4n) is 1.76. The number of nitrogens with zero attached hydrogens (tertiary/aromatic N) is 1. The zero-order chi connectivity index (χ0) is 15.2. The molecule has 2 aromatic rings. The van der Waals surface area contributed by atoms with Crippen LogP contribution in [0.1, 0.15) is 21.5 Å². The predicted octanol–water partition coefficient (Wildman–Crippen LogP) is 1.66. The number of carbonyl (C=O) groups is 1. The number of hydrogen-bond donors (Lipinski definition) is 3. The Morgan fingerprint density at radius 1 is 1.43 bits per heavy atom. The third-order valence-electron chi connectivity index (χ3n) is 2.82. The molecule has 0 atom stereocenters. The van der Waals surface area contributed by atoms with E-state index in [0.717, 1.165) is 0 Å². The molecule has 0 unspecified atom stereocenters. The van der Waals surface area contributed by atoms with Crippen LogP contribution in [0.15, 0.2) is 36.5 Å². The Kier molecular flexibility index (Phi) is 4.54. The zero-order valence-electron chi connectivity index (χ0n) is 11.6. The molecule has 0 saturated carbocycles. The largest absolute Gasteiger partial charge is 0.507 e. The van der Waals surface area contributed by atoms with Crippen LogP contribution in [0.25, 0.3) is 0 Å². The number of phenols is 1. The average molecular weight is 281 g/mol. The number of rotatable bonds is 2. The second-order valence-corrected chi connectivity index (χ2v) is 4.36. The summed E-state index contributed by atoms with van der Waals surface area (Å²) < 4.78 is 0. The molecule has 106 valence electrons. The van der Waals surface area contributed by atoms with E-state index in [4.69, 9.17) is 5.73 Å². The highest BCUT2D eigenvalue weighted by Crippen LogP contribution is 2.22. The first-order valence-electron chi connectivity index (χ1n) is 6.36. The number of para-hydroxylation sites is 1. The molecule has 21 heavy (non-hydrogen) atoms. The van der Waals surface area contributed by atoms with Crippen LogP contribution in [0.3, 0.4) is 0 Å². The van der Waals surface area contributed by atoms with Gasteiger partial charge in [-0.15, -0.1) is 0 Å². The highest BCUT2D eigenvalue weighted by molar-refractivity contribution is 6.05. The molecule has 0 radical (unpaired) electrons. The molecule has 1 amide bonds. The Labute approximate surface area is 122 Å². The number of nitrogens with one attached hydrogen (secondary N) is 1. The van der Waals surface area contributed by atoms with Crippen molar-refractivity contribution in [3.63, 3.8) is 0 Å². The monoisotopic (exact) mass is 281 g/mol. The first-order chi connectivity index (χ1) is 10.1. The van der Waals surface area contributed by atoms with E-state index < -0.39 is 5.91 Å². The van der Waals surface area contributed by atoms with Crippen molar-refractivity contribution in [2.45, 2.75) is 6.92 Å². The Morgan fingerprint density at radius 2 is 2.24 bits per heavy atom. The van der Waals surface area contributed by atoms with Crippen molar-refractivity contribution in [2.75, 3.05) is 11.9 Å². The first-order valence-corrected chi connectivity index (χ1v) is 6.36. The molecule has 0 spiro atoms. The molecule has 4 N–H and O–H groups in total. The van der Waals surface area contributed by atoms with Gasteiger partial charge in [0.2, 0.25) is 0 Å². The maximum Gasteiger partial charge on any atom is 0.260 e. The van der Waals surface area contributed by atoms with E-state index in [0.29, 0.717) is 16.9 Å². The van der Waals surface area contributed by atoms with Crippen molar-refractivity contribution in [3.8, 4) is 17.6 Å². The molecule has 0 aliphatic heterocycles. The third kappa shape index (κ3) is 3.59. The van der Waals surface area contributed by atoms with Gasteiger partial charge < -0.3 is 16.2 Å². The maximum atomic E-state index is 12.1. The van der Waals surface area contributed by atoms with Crippen molar-refractivity contribution in [1.29, 1.82) is 0 Å². The van der Waals surface area contributed by atoms with Gasteiger partial charge >= 0.3 is 0 Å². The van der Waals surface area contributed by atoms with Gasteiger partial charge in [-0.2, -0.15) is 0 Å². The van der Waals surface area contributed by atoms with Crippen molar-refractivity contribution < 1.29 is 9.90 Å². The van der Waals surface area contributed by atoms with Crippen LogP contribution in [-0.4, -0.2) is 22.5 Å². The summed E-state index contributed by atoms with van der Waals surface area (Å²) in [5, 5.41) is 12.5. The maximum absolute atomic E-state index is 12.1. The predicted molar refractivity (Wildman–Crippen MR) is 81.0 cm³/mol. The van der Waals surface area contributed by atoms with Crippen LogP contribution in [0, 0.1) is 18.8 Å². The standard InChI is InChI=1S/C16H15N3O2/c1-11-4-2-6-13(15(11)20)16(21)19-14-10-12(5-3-8-17)7-9-18-14/h2,4,6-7,9-10,20H,8,17H2,1H3,(H,18,19,21). The summed E-state index contributed by atoms with van der Waals surface area (Å²) in [6.07, 6.45) is 1.55. The van der Waals surface area contributed by atoms with E-state index in [9.17, 15) is 9.90 Å². The molecule has 2 rings (SSSR count). The highest BCUT2D eigenvalue weighted by atomic mass is 16.3. The smallest absolute Gasteiger partial charge is 0.260 e. The lowest BCUT2D eigenvalue weighted by Crippen LogP contribution is -2.13. The van der Waals surface area contributed by atoms with Gasteiger partial charge in [0.15, 0.2) is 0 Å². The van der Waals surface area contributed by atoms with Gasteiger partial charge in [-0.1, -0.05) is 24.0 Å². The molecular weight excluding hydrogens is 266 g/mol. The van der Waals surface area contributed by atoms with Crippen molar-refractivity contribution >= 4 is 11.7 Å². The molecule has 0 saturated heterocycles. The lowest BCUT2D eigenvalue weighted by Gasteiger charge is -2.08. The number of pyridine rings is 1. The molecule has 0 fully saturated rings. The Balaban J connectivity index is 2.22. The molecule has 1 aromatic carbocycles. The summed E-state index contributed by atoms with van der Waals surface area (Å²) in [6, 6.07) is 8.36. The van der Waals surface area contributed by atoms with Crippen LogP contribution in [0.5, 0.6) is 5.75 Å². The fourth-order valence-corrected chi connectivity index (χ4v) is 1.76. The molecule has 1 heterocycles. The molecule has 0 aliphatic carbocycles. The summed E-state index contributed by atoms with van der Waals surface area (Å²) in [4.78, 5) is 16.2. The van der Waals surface area contributed by atoms with E-state index in [-0.39, 0.29) is 17.9 Å². The molecule has 0 aliphatic rings. The minimum absolute atomic E-state index is 0.0333. The van der Waals surface area contributed by atoms with Crippen molar-refractivity contribution in [1.82, 2.24) is 4.98 Å². The summed E-state index contributed by atoms with van der Waals surface area (Å²) >= 11 is 0. The lowest BCUT2D eigenvalue weighted by atomic mass is 10.1. The topological polar surface area (TPSA) is 88.2 Å². The molecule has 1 aromatic heterocycles. The second kappa shape index (κ2) is 6.55. The third-order valence-corrected chi connectivity index (χ3v) is 2.82. The summed E-state index contributed by atoms with van der Waals surface area (Å²) in [7, 11) is 0. The van der Waals surface area contributed by atoms with Crippen molar-refractivity contribution in [3.05, 3.63) is 53.2 Å². The molecule has 0 bridgehead atoms. The SMILES string of the molecule is Cc1cccc(C(=O)Nc2cc(C#CCN)ccn2)c1O. The van der Waals surface area contributed by atoms with Gasteiger partial charge in [0.25, 0.3) is 5.91 Å². The Bertz CT molecular complexity index is 730. The van der Waals surface area contributed by atoms with Gasteiger partial charge in [0, 0.05) is 11.8 Å². The molecule has 5 nitrogen and oxygen atoms in total. The van der Waals surface area contributed by atoms with E-state index >= 15 is 0 Å². The number of amides is 1. The lowest BCUT2D eigenvalue weighted by molar-refractivity contribution is 0.102. The number of benzene rings is 1. The van der Waals surface area contributed by atoms with Gasteiger partial charge in [0.1, 0.15) is 11.6 Å². The van der Waals surface area contributed by atoms with E-state index in [1.807, 2.05) is 0 Å². The highest BCUT2D eigenvalue weighted by Gasteiger charge is 2.13. The van der Waals surface area contributed by atoms with Crippen LogP contribution < -0.4 is 11.1 Å².